The highest BCUT2D eigenvalue weighted by molar-refractivity contribution is 6.13. The smallest absolute Gasteiger partial charge is 0.116 e. The monoisotopic (exact) mass is 880 g/mol. The highest BCUT2D eigenvalue weighted by atomic mass is 15.0. The fourth-order valence-electron chi connectivity index (χ4n) is 10.6. The molecular formula is C63H40N6. The summed E-state index contributed by atoms with van der Waals surface area (Å²) in [5.74, 6) is 0. The average molecular weight is 881 g/mol. The minimum absolute atomic E-state index is 0.929. The molecule has 0 amide bonds. The molecule has 0 saturated carbocycles. The lowest BCUT2D eigenvalue weighted by Crippen LogP contribution is -1.98. The zero-order valence-corrected chi connectivity index (χ0v) is 37.3. The predicted molar refractivity (Wildman–Crippen MR) is 285 cm³/mol. The molecule has 0 atom stereocenters. The third-order valence-corrected chi connectivity index (χ3v) is 13.8. The van der Waals surface area contributed by atoms with Gasteiger partial charge in [0.1, 0.15) is 6.33 Å². The van der Waals surface area contributed by atoms with E-state index < -0.39 is 0 Å². The van der Waals surface area contributed by atoms with Gasteiger partial charge in [0.15, 0.2) is 0 Å². The highest BCUT2D eigenvalue weighted by Crippen LogP contribution is 2.40. The molecule has 69 heavy (non-hydrogen) atoms. The topological polar surface area (TPSA) is 53.5 Å². The summed E-state index contributed by atoms with van der Waals surface area (Å²) in [6.45, 7) is 0. The minimum atomic E-state index is 0.929. The van der Waals surface area contributed by atoms with Crippen LogP contribution in [0.3, 0.4) is 0 Å². The summed E-state index contributed by atoms with van der Waals surface area (Å²) >= 11 is 0. The summed E-state index contributed by atoms with van der Waals surface area (Å²) in [5.41, 5.74) is 19.5. The van der Waals surface area contributed by atoms with E-state index in [9.17, 15) is 0 Å². The van der Waals surface area contributed by atoms with Crippen molar-refractivity contribution in [2.45, 2.75) is 0 Å². The summed E-state index contributed by atoms with van der Waals surface area (Å²) in [6.07, 6.45) is 3.56. The number of hydrogen-bond acceptors (Lipinski definition) is 3. The van der Waals surface area contributed by atoms with Gasteiger partial charge < -0.3 is 13.7 Å². The Labute approximate surface area is 397 Å². The van der Waals surface area contributed by atoms with E-state index in [1.54, 1.807) is 6.33 Å². The van der Waals surface area contributed by atoms with Crippen LogP contribution in [0.2, 0.25) is 0 Å². The van der Waals surface area contributed by atoms with Gasteiger partial charge in [-0.2, -0.15) is 0 Å². The van der Waals surface area contributed by atoms with Crippen molar-refractivity contribution in [3.05, 3.63) is 243 Å². The molecule has 14 aromatic rings. The first-order valence-electron chi connectivity index (χ1n) is 23.3. The van der Waals surface area contributed by atoms with Crippen LogP contribution in [0.25, 0.3) is 127 Å². The lowest BCUT2D eigenvalue weighted by Gasteiger charge is -2.13. The normalized spacial score (nSPS) is 11.8. The van der Waals surface area contributed by atoms with Crippen LogP contribution in [0.1, 0.15) is 0 Å². The number of rotatable bonds is 7. The molecule has 0 unspecified atom stereocenters. The number of hydrogen-bond donors (Lipinski definition) is 0. The Morgan fingerprint density at radius 3 is 1.49 bits per heavy atom. The van der Waals surface area contributed by atoms with E-state index >= 15 is 0 Å². The summed E-state index contributed by atoms with van der Waals surface area (Å²) in [4.78, 5) is 14.4. The van der Waals surface area contributed by atoms with E-state index in [-0.39, 0.29) is 0 Å². The molecule has 0 saturated heterocycles. The number of aromatic nitrogens is 6. The first-order valence-corrected chi connectivity index (χ1v) is 23.3. The second kappa shape index (κ2) is 15.6. The molecule has 9 aromatic carbocycles. The maximum atomic E-state index is 5.19. The molecule has 6 nitrogen and oxygen atoms in total. The SMILES string of the molecule is c1ccc(-c2cc(-n3c4ccccc4c4cc(-c5cccc(-c6ccc7c8ccccc8n(-c8ccc9c(c8)c8ncncc8n9-c8ccccc8)c7c6)c5)ccc43)cc(-c3ccccc3)n2)cc1. The average Bonchev–Trinajstić information content (AvgIpc) is 4.06. The van der Waals surface area contributed by atoms with Gasteiger partial charge in [-0.05, 0) is 101 Å². The van der Waals surface area contributed by atoms with Crippen LogP contribution in [-0.2, 0) is 0 Å². The predicted octanol–water partition coefficient (Wildman–Crippen LogP) is 15.8. The van der Waals surface area contributed by atoms with Crippen molar-refractivity contribution < 1.29 is 0 Å². The van der Waals surface area contributed by atoms with Crippen molar-refractivity contribution in [1.82, 2.24) is 28.7 Å². The van der Waals surface area contributed by atoms with Gasteiger partial charge in [-0.25, -0.2) is 15.0 Å². The molecule has 0 aliphatic heterocycles. The molecule has 0 N–H and O–H groups in total. The van der Waals surface area contributed by atoms with Crippen molar-refractivity contribution in [2.24, 2.45) is 0 Å². The Hall–Kier alpha value is -9.39. The van der Waals surface area contributed by atoms with E-state index in [1.165, 1.54) is 27.1 Å². The van der Waals surface area contributed by atoms with Crippen LogP contribution >= 0.6 is 0 Å². The minimum Gasteiger partial charge on any atom is -0.309 e. The van der Waals surface area contributed by atoms with Gasteiger partial charge in [0.2, 0.25) is 0 Å². The second-order valence-electron chi connectivity index (χ2n) is 17.7. The quantitative estimate of drug-likeness (QED) is 0.160. The molecule has 5 aromatic heterocycles. The summed E-state index contributed by atoms with van der Waals surface area (Å²) in [5, 5.41) is 5.92. The van der Waals surface area contributed by atoms with E-state index in [0.29, 0.717) is 0 Å². The van der Waals surface area contributed by atoms with Crippen LogP contribution in [-0.4, -0.2) is 28.7 Å². The standard InChI is InChI=1S/C63H40N6/c1-4-15-41(16-5-1)55-37-49(38-56(66-55)42-17-6-2-7-18-42)69-58-26-13-11-24-51(58)53-34-45(28-31-59(53)69)43-19-14-20-44(33-43)46-27-30-52-50-23-10-12-25-57(50)68(61(52)35-46)48-29-32-60-54(36-48)63-62(39-64-40-65-63)67(60)47-21-8-3-9-22-47/h1-40H. The van der Waals surface area contributed by atoms with Crippen molar-refractivity contribution in [2.75, 3.05) is 0 Å². The first-order chi connectivity index (χ1) is 34.2. The van der Waals surface area contributed by atoms with Gasteiger partial charge in [-0.15, -0.1) is 0 Å². The fraction of sp³-hybridized carbons (Fsp3) is 0. The third kappa shape index (κ3) is 6.30. The molecular weight excluding hydrogens is 841 g/mol. The molecule has 0 aliphatic carbocycles. The third-order valence-electron chi connectivity index (χ3n) is 13.8. The van der Waals surface area contributed by atoms with E-state index in [1.807, 2.05) is 12.3 Å². The van der Waals surface area contributed by atoms with Gasteiger partial charge in [0.05, 0.1) is 61.9 Å². The van der Waals surface area contributed by atoms with Crippen LogP contribution in [0.4, 0.5) is 0 Å². The molecule has 0 spiro atoms. The van der Waals surface area contributed by atoms with Crippen molar-refractivity contribution in [3.8, 4) is 61.8 Å². The van der Waals surface area contributed by atoms with Crippen molar-refractivity contribution in [3.63, 3.8) is 0 Å². The van der Waals surface area contributed by atoms with Gasteiger partial charge in [-0.1, -0.05) is 152 Å². The number of para-hydroxylation sites is 3. The molecule has 6 heteroatoms. The Balaban J connectivity index is 0.890. The maximum absolute atomic E-state index is 5.19. The van der Waals surface area contributed by atoms with Gasteiger partial charge >= 0.3 is 0 Å². The Kier molecular flexibility index (Phi) is 8.79. The molecule has 0 bridgehead atoms. The van der Waals surface area contributed by atoms with Crippen LogP contribution in [0.15, 0.2) is 243 Å². The number of nitrogens with zero attached hydrogens (tertiary/aromatic N) is 6. The molecule has 0 fully saturated rings. The van der Waals surface area contributed by atoms with Crippen LogP contribution in [0, 0.1) is 0 Å². The maximum Gasteiger partial charge on any atom is 0.116 e. The molecule has 0 aliphatic rings. The Morgan fingerprint density at radius 1 is 0.275 bits per heavy atom. The van der Waals surface area contributed by atoms with Crippen LogP contribution in [0.5, 0.6) is 0 Å². The zero-order valence-electron chi connectivity index (χ0n) is 37.3. The van der Waals surface area contributed by atoms with Crippen molar-refractivity contribution >= 4 is 65.5 Å². The lowest BCUT2D eigenvalue weighted by atomic mass is 9.97. The molecule has 5 heterocycles. The number of fused-ring (bicyclic) bond motifs is 9. The van der Waals surface area contributed by atoms with Gasteiger partial charge in [0.25, 0.3) is 0 Å². The van der Waals surface area contributed by atoms with Crippen molar-refractivity contribution in [1.29, 1.82) is 0 Å². The van der Waals surface area contributed by atoms with Crippen LogP contribution < -0.4 is 0 Å². The largest absolute Gasteiger partial charge is 0.309 e. The van der Waals surface area contributed by atoms with Gasteiger partial charge in [0, 0.05) is 49.4 Å². The Bertz CT molecular complexity index is 4240. The summed E-state index contributed by atoms with van der Waals surface area (Å²) in [6, 6.07) is 82.8. The first kappa shape index (κ1) is 38.8. The highest BCUT2D eigenvalue weighted by Gasteiger charge is 2.20. The molecule has 0 radical (unpaired) electrons. The van der Waals surface area contributed by atoms with E-state index in [4.69, 9.17) is 9.97 Å². The summed E-state index contributed by atoms with van der Waals surface area (Å²) < 4.78 is 7.06. The van der Waals surface area contributed by atoms with Gasteiger partial charge in [-0.3, -0.25) is 0 Å². The second-order valence-corrected chi connectivity index (χ2v) is 17.7. The van der Waals surface area contributed by atoms with E-state index in [2.05, 4.69) is 243 Å². The number of pyridine rings is 1. The fourth-order valence-corrected chi connectivity index (χ4v) is 10.6. The van der Waals surface area contributed by atoms with E-state index in [0.717, 1.165) is 100 Å². The summed E-state index contributed by atoms with van der Waals surface area (Å²) in [7, 11) is 0. The Morgan fingerprint density at radius 2 is 0.783 bits per heavy atom. The lowest BCUT2D eigenvalue weighted by molar-refractivity contribution is 1.14. The number of benzene rings is 9. The zero-order chi connectivity index (χ0) is 45.4. The molecule has 322 valence electrons. The molecule has 14 rings (SSSR count).